The SMILES string of the molecule is CC[C@H](Br)C(=O)Nc1sc2c(c1C#N)CC[C@@H](C)C2. The van der Waals surface area contributed by atoms with Gasteiger partial charge in [-0.15, -0.1) is 11.3 Å². The van der Waals surface area contributed by atoms with Gasteiger partial charge in [-0.25, -0.2) is 0 Å². The molecule has 0 radical (unpaired) electrons. The van der Waals surface area contributed by atoms with E-state index in [0.717, 1.165) is 36.2 Å². The van der Waals surface area contributed by atoms with Crippen molar-refractivity contribution in [1.82, 2.24) is 0 Å². The number of rotatable bonds is 3. The van der Waals surface area contributed by atoms with E-state index >= 15 is 0 Å². The quantitative estimate of drug-likeness (QED) is 0.849. The van der Waals surface area contributed by atoms with Gasteiger partial charge in [-0.1, -0.05) is 29.8 Å². The second-order valence-electron chi connectivity index (χ2n) is 5.03. The molecule has 0 fully saturated rings. The Morgan fingerprint density at radius 1 is 1.68 bits per heavy atom. The van der Waals surface area contributed by atoms with Gasteiger partial charge in [0.1, 0.15) is 11.1 Å². The summed E-state index contributed by atoms with van der Waals surface area (Å²) in [6.07, 6.45) is 3.84. The molecule has 0 aromatic carbocycles. The van der Waals surface area contributed by atoms with E-state index in [4.69, 9.17) is 0 Å². The normalized spacial score (nSPS) is 19.4. The summed E-state index contributed by atoms with van der Waals surface area (Å²) in [5.74, 6) is 0.603. The summed E-state index contributed by atoms with van der Waals surface area (Å²) in [7, 11) is 0. The van der Waals surface area contributed by atoms with Crippen molar-refractivity contribution < 1.29 is 4.79 Å². The number of hydrogen-bond acceptors (Lipinski definition) is 3. The van der Waals surface area contributed by atoms with Crippen LogP contribution < -0.4 is 5.32 Å². The average molecular weight is 341 g/mol. The Bertz CT molecular complexity index is 532. The Labute approximate surface area is 126 Å². The minimum absolute atomic E-state index is 0.0642. The molecule has 2 atom stereocenters. The van der Waals surface area contributed by atoms with Gasteiger partial charge in [-0.2, -0.15) is 5.26 Å². The van der Waals surface area contributed by atoms with Gasteiger partial charge in [-0.05, 0) is 37.2 Å². The van der Waals surface area contributed by atoms with Crippen LogP contribution in [0.2, 0.25) is 0 Å². The van der Waals surface area contributed by atoms with Gasteiger partial charge in [0, 0.05) is 4.88 Å². The number of halogens is 1. The summed E-state index contributed by atoms with van der Waals surface area (Å²) in [5.41, 5.74) is 1.83. The van der Waals surface area contributed by atoms with Gasteiger partial charge in [-0.3, -0.25) is 4.79 Å². The molecule has 0 saturated carbocycles. The van der Waals surface area contributed by atoms with Crippen molar-refractivity contribution in [2.45, 2.75) is 44.4 Å². The maximum Gasteiger partial charge on any atom is 0.238 e. The largest absolute Gasteiger partial charge is 0.316 e. The van der Waals surface area contributed by atoms with Crippen LogP contribution in [0.25, 0.3) is 0 Å². The first kappa shape index (κ1) is 14.5. The van der Waals surface area contributed by atoms with E-state index < -0.39 is 0 Å². The Kier molecular flexibility index (Phi) is 4.64. The van der Waals surface area contributed by atoms with Crippen molar-refractivity contribution in [1.29, 1.82) is 5.26 Å². The highest BCUT2D eigenvalue weighted by atomic mass is 79.9. The van der Waals surface area contributed by atoms with Crippen LogP contribution in [0.4, 0.5) is 5.00 Å². The minimum Gasteiger partial charge on any atom is -0.316 e. The first-order chi connectivity index (χ1) is 9.06. The van der Waals surface area contributed by atoms with Crippen molar-refractivity contribution in [3.05, 3.63) is 16.0 Å². The zero-order valence-corrected chi connectivity index (χ0v) is 13.5. The van der Waals surface area contributed by atoms with Crippen molar-refractivity contribution in [3.8, 4) is 6.07 Å². The van der Waals surface area contributed by atoms with E-state index in [9.17, 15) is 10.1 Å². The highest BCUT2D eigenvalue weighted by Crippen LogP contribution is 2.39. The van der Waals surface area contributed by atoms with Gasteiger partial charge >= 0.3 is 0 Å². The number of carbonyl (C=O) groups is 1. The van der Waals surface area contributed by atoms with Crippen LogP contribution in [-0.4, -0.2) is 10.7 Å². The van der Waals surface area contributed by atoms with Crippen molar-refractivity contribution in [2.75, 3.05) is 5.32 Å². The van der Waals surface area contributed by atoms with Crippen LogP contribution in [0, 0.1) is 17.2 Å². The highest BCUT2D eigenvalue weighted by Gasteiger charge is 2.25. The number of alkyl halides is 1. The molecule has 0 unspecified atom stereocenters. The van der Waals surface area contributed by atoms with Gasteiger partial charge in [0.2, 0.25) is 5.91 Å². The highest BCUT2D eigenvalue weighted by molar-refractivity contribution is 9.10. The third kappa shape index (κ3) is 3.01. The number of thiophene rings is 1. The van der Waals surface area contributed by atoms with Crippen molar-refractivity contribution in [3.63, 3.8) is 0 Å². The molecule has 0 saturated heterocycles. The fraction of sp³-hybridized carbons (Fsp3) is 0.571. The van der Waals surface area contributed by atoms with Crippen LogP contribution in [0.15, 0.2) is 0 Å². The smallest absolute Gasteiger partial charge is 0.238 e. The van der Waals surface area contributed by atoms with Crippen LogP contribution in [-0.2, 0) is 17.6 Å². The molecular formula is C14H17BrN2OS. The van der Waals surface area contributed by atoms with E-state index in [1.807, 2.05) is 6.92 Å². The number of nitriles is 1. The zero-order chi connectivity index (χ0) is 14.0. The van der Waals surface area contributed by atoms with Crippen LogP contribution in [0.5, 0.6) is 0 Å². The molecular weight excluding hydrogens is 324 g/mol. The lowest BCUT2D eigenvalue weighted by Gasteiger charge is -2.17. The molecule has 2 rings (SSSR count). The Hall–Kier alpha value is -0.860. The first-order valence-electron chi connectivity index (χ1n) is 6.56. The number of amides is 1. The summed E-state index contributed by atoms with van der Waals surface area (Å²) < 4.78 is 0. The molecule has 1 N–H and O–H groups in total. The standard InChI is InChI=1S/C14H17BrN2OS/c1-3-11(15)13(18)17-14-10(7-16)9-5-4-8(2)6-12(9)19-14/h8,11H,3-6H2,1-2H3,(H,17,18)/t8-,11+/m1/s1. The van der Waals surface area contributed by atoms with E-state index in [1.165, 1.54) is 4.88 Å². The predicted molar refractivity (Wildman–Crippen MR) is 81.9 cm³/mol. The molecule has 0 spiro atoms. The number of nitrogens with one attached hydrogen (secondary N) is 1. The van der Waals surface area contributed by atoms with Gasteiger partial charge < -0.3 is 5.32 Å². The van der Waals surface area contributed by atoms with E-state index in [2.05, 4.69) is 34.2 Å². The maximum absolute atomic E-state index is 11.9. The monoisotopic (exact) mass is 340 g/mol. The van der Waals surface area contributed by atoms with Crippen molar-refractivity contribution >= 4 is 38.2 Å². The van der Waals surface area contributed by atoms with Crippen molar-refractivity contribution in [2.24, 2.45) is 5.92 Å². The topological polar surface area (TPSA) is 52.9 Å². The molecule has 1 heterocycles. The van der Waals surface area contributed by atoms with Crippen LogP contribution in [0.3, 0.4) is 0 Å². The predicted octanol–water partition coefficient (Wildman–Crippen LogP) is 3.86. The molecule has 5 heteroatoms. The second-order valence-corrected chi connectivity index (χ2v) is 7.24. The fourth-order valence-electron chi connectivity index (χ4n) is 2.33. The van der Waals surface area contributed by atoms with Gasteiger partial charge in [0.25, 0.3) is 0 Å². The lowest BCUT2D eigenvalue weighted by Crippen LogP contribution is -2.21. The minimum atomic E-state index is -0.197. The number of fused-ring (bicyclic) bond motifs is 1. The second kappa shape index (κ2) is 6.06. The third-order valence-corrected chi connectivity index (χ3v) is 5.74. The zero-order valence-electron chi connectivity index (χ0n) is 11.1. The number of carbonyl (C=O) groups excluding carboxylic acids is 1. The first-order valence-corrected chi connectivity index (χ1v) is 8.29. The molecule has 0 aliphatic heterocycles. The van der Waals surface area contributed by atoms with Gasteiger partial charge in [0.05, 0.1) is 10.4 Å². The Morgan fingerprint density at radius 3 is 3.05 bits per heavy atom. The summed E-state index contributed by atoms with van der Waals surface area (Å²) in [4.78, 5) is 13.0. The molecule has 0 bridgehead atoms. The average Bonchev–Trinajstić information content (AvgIpc) is 2.73. The number of anilines is 1. The van der Waals surface area contributed by atoms with E-state index in [1.54, 1.807) is 11.3 Å². The lowest BCUT2D eigenvalue weighted by atomic mass is 9.89. The Morgan fingerprint density at radius 2 is 2.42 bits per heavy atom. The van der Waals surface area contributed by atoms with Gasteiger partial charge in [0.15, 0.2) is 0 Å². The van der Waals surface area contributed by atoms with Crippen LogP contribution in [0.1, 0.15) is 42.7 Å². The fourth-order valence-corrected chi connectivity index (χ4v) is 3.81. The Balaban J connectivity index is 2.27. The third-order valence-electron chi connectivity index (χ3n) is 3.50. The van der Waals surface area contributed by atoms with E-state index in [-0.39, 0.29) is 10.7 Å². The van der Waals surface area contributed by atoms with E-state index in [0.29, 0.717) is 11.5 Å². The maximum atomic E-state index is 11.9. The molecule has 1 aromatic heterocycles. The molecule has 1 aromatic rings. The molecule has 3 nitrogen and oxygen atoms in total. The summed E-state index contributed by atoms with van der Waals surface area (Å²) in [6, 6.07) is 2.26. The molecule has 1 amide bonds. The summed E-state index contributed by atoms with van der Waals surface area (Å²) >= 11 is 4.91. The number of hydrogen-bond donors (Lipinski definition) is 1. The lowest BCUT2D eigenvalue weighted by molar-refractivity contribution is -0.115. The molecule has 1 aliphatic rings. The number of nitrogens with zero attached hydrogens (tertiary/aromatic N) is 1. The molecule has 1 aliphatic carbocycles. The molecule has 19 heavy (non-hydrogen) atoms. The molecule has 102 valence electrons. The summed E-state index contributed by atoms with van der Waals surface area (Å²) in [6.45, 7) is 4.18. The summed E-state index contributed by atoms with van der Waals surface area (Å²) in [5, 5.41) is 13.0. The van der Waals surface area contributed by atoms with Crippen LogP contribution >= 0.6 is 27.3 Å².